The predicted octanol–water partition coefficient (Wildman–Crippen LogP) is 3.20. The van der Waals surface area contributed by atoms with Gasteiger partial charge in [0.05, 0.1) is 4.90 Å². The van der Waals surface area contributed by atoms with Crippen LogP contribution in [0.5, 0.6) is 0 Å². The minimum Gasteiger partial charge on any atom is -0.295 e. The van der Waals surface area contributed by atoms with Crippen molar-refractivity contribution in [1.29, 1.82) is 0 Å². The van der Waals surface area contributed by atoms with E-state index in [2.05, 4.69) is 0 Å². The van der Waals surface area contributed by atoms with Gasteiger partial charge in [0.1, 0.15) is 0 Å². The van der Waals surface area contributed by atoms with Crippen LogP contribution in [0.2, 0.25) is 0 Å². The maximum Gasteiger partial charge on any atom is 0.263 e. The van der Waals surface area contributed by atoms with Crippen LogP contribution in [0.1, 0.15) is 31.7 Å². The molecule has 1 heterocycles. The number of rotatable bonds is 3. The topological polar surface area (TPSA) is 54.5 Å². The number of allylic oxidation sites excluding steroid dienone is 3. The van der Waals surface area contributed by atoms with Gasteiger partial charge in [-0.3, -0.25) is 9.10 Å². The Labute approximate surface area is 137 Å². The van der Waals surface area contributed by atoms with Crippen LogP contribution in [0.15, 0.2) is 52.6 Å². The average Bonchev–Trinajstić information content (AvgIpc) is 2.89. The number of nitrogens with zero attached hydrogens (tertiary/aromatic N) is 1. The Morgan fingerprint density at radius 1 is 1.22 bits per heavy atom. The third-order valence-electron chi connectivity index (χ3n) is 4.56. The number of carbonyl (C=O) groups is 1. The zero-order chi connectivity index (χ0) is 16.6. The standard InChI is InChI=1S/C18H21NO3S/c1-13-3-7-17(8-4-13)23(21,22)19-10-9-15-5-6-16(11-14(2)20)18(15)12-19/h3-4,7-8,11-12,15H,5-6,9-10H2,1-2H3/b16-11-. The largest absolute Gasteiger partial charge is 0.295 e. The molecule has 23 heavy (non-hydrogen) atoms. The summed E-state index contributed by atoms with van der Waals surface area (Å²) in [6.45, 7) is 3.96. The van der Waals surface area contributed by atoms with Crippen molar-refractivity contribution in [3.05, 3.63) is 53.3 Å². The molecule has 0 saturated heterocycles. The third-order valence-corrected chi connectivity index (χ3v) is 6.33. The lowest BCUT2D eigenvalue weighted by molar-refractivity contribution is -0.112. The number of fused-ring (bicyclic) bond motifs is 1. The Hall–Kier alpha value is -1.88. The molecule has 1 saturated carbocycles. The first-order valence-corrected chi connectivity index (χ1v) is 9.33. The Morgan fingerprint density at radius 2 is 1.91 bits per heavy atom. The van der Waals surface area contributed by atoms with E-state index >= 15 is 0 Å². The summed E-state index contributed by atoms with van der Waals surface area (Å²) in [5.41, 5.74) is 3.04. The summed E-state index contributed by atoms with van der Waals surface area (Å²) in [5, 5.41) is 0. The highest BCUT2D eigenvalue weighted by molar-refractivity contribution is 7.89. The molecule has 1 aromatic rings. The molecule has 1 unspecified atom stereocenters. The molecular weight excluding hydrogens is 310 g/mol. The van der Waals surface area contributed by atoms with E-state index in [1.54, 1.807) is 24.4 Å². The van der Waals surface area contributed by atoms with Gasteiger partial charge in [0, 0.05) is 12.7 Å². The highest BCUT2D eigenvalue weighted by Crippen LogP contribution is 2.41. The van der Waals surface area contributed by atoms with Crippen molar-refractivity contribution in [2.75, 3.05) is 6.54 Å². The summed E-state index contributed by atoms with van der Waals surface area (Å²) in [7, 11) is -3.52. The fourth-order valence-corrected chi connectivity index (χ4v) is 4.67. The number of benzene rings is 1. The van der Waals surface area contributed by atoms with Gasteiger partial charge in [-0.15, -0.1) is 0 Å². The fraction of sp³-hybridized carbons (Fsp3) is 0.389. The molecule has 122 valence electrons. The van der Waals surface area contributed by atoms with E-state index in [0.29, 0.717) is 17.4 Å². The summed E-state index contributed by atoms with van der Waals surface area (Å²) in [6.07, 6.45) is 6.06. The van der Waals surface area contributed by atoms with Crippen LogP contribution in [0.25, 0.3) is 0 Å². The average molecular weight is 331 g/mol. The zero-order valence-corrected chi connectivity index (χ0v) is 14.3. The molecule has 1 fully saturated rings. The van der Waals surface area contributed by atoms with Gasteiger partial charge >= 0.3 is 0 Å². The summed E-state index contributed by atoms with van der Waals surface area (Å²) in [4.78, 5) is 11.7. The van der Waals surface area contributed by atoms with E-state index in [1.807, 2.05) is 19.1 Å². The molecule has 3 rings (SSSR count). The molecule has 0 bridgehead atoms. The molecule has 1 aliphatic carbocycles. The Kier molecular flexibility index (Phi) is 4.15. The van der Waals surface area contributed by atoms with E-state index in [-0.39, 0.29) is 5.78 Å². The maximum atomic E-state index is 12.8. The second-order valence-corrected chi connectivity index (χ2v) is 8.21. The van der Waals surface area contributed by atoms with E-state index < -0.39 is 10.0 Å². The highest BCUT2D eigenvalue weighted by Gasteiger charge is 2.33. The lowest BCUT2D eigenvalue weighted by Gasteiger charge is -2.29. The van der Waals surface area contributed by atoms with Gasteiger partial charge in [-0.2, -0.15) is 0 Å². The first-order chi connectivity index (χ1) is 10.9. The minimum absolute atomic E-state index is 0.0139. The number of carbonyl (C=O) groups excluding carboxylic acids is 1. The van der Waals surface area contributed by atoms with E-state index in [4.69, 9.17) is 0 Å². The normalized spacial score (nSPS) is 22.9. The van der Waals surface area contributed by atoms with E-state index in [0.717, 1.165) is 36.0 Å². The second-order valence-electron chi connectivity index (χ2n) is 6.32. The number of sulfonamides is 1. The first-order valence-electron chi connectivity index (χ1n) is 7.89. The SMILES string of the molecule is CC(=O)/C=C1/CCC2CCN(S(=O)(=O)c3ccc(C)cc3)C=C12. The van der Waals surface area contributed by atoms with Gasteiger partial charge in [-0.05, 0) is 68.4 Å². The van der Waals surface area contributed by atoms with Gasteiger partial charge in [0.15, 0.2) is 5.78 Å². The predicted molar refractivity (Wildman–Crippen MR) is 89.3 cm³/mol. The Morgan fingerprint density at radius 3 is 2.57 bits per heavy atom. The quantitative estimate of drug-likeness (QED) is 0.799. The maximum absolute atomic E-state index is 12.8. The summed E-state index contributed by atoms with van der Waals surface area (Å²) in [5.74, 6) is 0.394. The summed E-state index contributed by atoms with van der Waals surface area (Å²) < 4.78 is 27.1. The lowest BCUT2D eigenvalue weighted by Crippen LogP contribution is -2.32. The molecule has 5 heteroatoms. The highest BCUT2D eigenvalue weighted by atomic mass is 32.2. The fourth-order valence-electron chi connectivity index (χ4n) is 3.32. The Bertz CT molecular complexity index is 788. The molecule has 4 nitrogen and oxygen atoms in total. The van der Waals surface area contributed by atoms with Gasteiger partial charge in [-0.1, -0.05) is 17.7 Å². The van der Waals surface area contributed by atoms with Crippen molar-refractivity contribution < 1.29 is 13.2 Å². The first kappa shape index (κ1) is 16.0. The number of aryl methyl sites for hydroxylation is 1. The van der Waals surface area contributed by atoms with Gasteiger partial charge in [-0.25, -0.2) is 8.42 Å². The Balaban J connectivity index is 1.96. The molecule has 0 aromatic heterocycles. The van der Waals surface area contributed by atoms with Crippen LogP contribution in [0.4, 0.5) is 0 Å². The molecule has 0 radical (unpaired) electrons. The third kappa shape index (κ3) is 3.11. The second kappa shape index (κ2) is 5.96. The van der Waals surface area contributed by atoms with Crippen LogP contribution in [-0.4, -0.2) is 25.1 Å². The van der Waals surface area contributed by atoms with Crippen molar-refractivity contribution in [1.82, 2.24) is 4.31 Å². The van der Waals surface area contributed by atoms with Crippen LogP contribution in [0, 0.1) is 12.8 Å². The summed E-state index contributed by atoms with van der Waals surface area (Å²) >= 11 is 0. The molecule has 0 spiro atoms. The molecule has 1 aromatic carbocycles. The van der Waals surface area contributed by atoms with Gasteiger partial charge in [0.25, 0.3) is 10.0 Å². The zero-order valence-electron chi connectivity index (χ0n) is 13.5. The monoisotopic (exact) mass is 331 g/mol. The van der Waals surface area contributed by atoms with E-state index in [9.17, 15) is 13.2 Å². The van der Waals surface area contributed by atoms with Gasteiger partial charge < -0.3 is 0 Å². The molecular formula is C18H21NO3S. The van der Waals surface area contributed by atoms with Crippen molar-refractivity contribution in [2.24, 2.45) is 5.92 Å². The minimum atomic E-state index is -3.52. The van der Waals surface area contributed by atoms with Crippen molar-refractivity contribution in [2.45, 2.75) is 38.0 Å². The van der Waals surface area contributed by atoms with Crippen molar-refractivity contribution in [3.63, 3.8) is 0 Å². The number of hydrogen-bond donors (Lipinski definition) is 0. The molecule has 0 N–H and O–H groups in total. The number of ketones is 1. The molecule has 1 aliphatic heterocycles. The van der Waals surface area contributed by atoms with Crippen molar-refractivity contribution >= 4 is 15.8 Å². The molecule has 1 atom stereocenters. The lowest BCUT2D eigenvalue weighted by atomic mass is 9.95. The van der Waals surface area contributed by atoms with Crippen LogP contribution in [0.3, 0.4) is 0 Å². The number of hydrogen-bond acceptors (Lipinski definition) is 3. The molecule has 0 amide bonds. The van der Waals surface area contributed by atoms with Gasteiger partial charge in [0.2, 0.25) is 0 Å². The smallest absolute Gasteiger partial charge is 0.263 e. The van der Waals surface area contributed by atoms with Crippen molar-refractivity contribution in [3.8, 4) is 0 Å². The summed E-state index contributed by atoms with van der Waals surface area (Å²) in [6, 6.07) is 6.92. The van der Waals surface area contributed by atoms with Crippen LogP contribution in [-0.2, 0) is 14.8 Å². The van der Waals surface area contributed by atoms with E-state index in [1.165, 1.54) is 11.2 Å². The van der Waals surface area contributed by atoms with Crippen LogP contribution < -0.4 is 0 Å². The molecule has 2 aliphatic rings. The van der Waals surface area contributed by atoms with Crippen LogP contribution >= 0.6 is 0 Å².